The third kappa shape index (κ3) is 2.33. The Morgan fingerprint density at radius 3 is 2.18 bits per heavy atom. The Morgan fingerprint density at radius 1 is 1.05 bits per heavy atom. The van der Waals surface area contributed by atoms with Crippen molar-refractivity contribution in [1.82, 2.24) is 0 Å². The van der Waals surface area contributed by atoms with E-state index in [-0.39, 0.29) is 16.7 Å². The zero-order valence-corrected chi connectivity index (χ0v) is 12.5. The van der Waals surface area contributed by atoms with Gasteiger partial charge in [0.1, 0.15) is 5.82 Å². The first kappa shape index (κ1) is 14.2. The van der Waals surface area contributed by atoms with Gasteiger partial charge in [-0.05, 0) is 62.3 Å². The van der Waals surface area contributed by atoms with Crippen molar-refractivity contribution in [2.45, 2.75) is 38.5 Å². The van der Waals surface area contributed by atoms with Crippen LogP contribution in [0.15, 0.2) is 12.1 Å². The molecule has 22 heavy (non-hydrogen) atoms. The number of carbonyl (C=O) groups excluding carboxylic acids is 1. The van der Waals surface area contributed by atoms with E-state index in [4.69, 9.17) is 4.74 Å². The predicted molar refractivity (Wildman–Crippen MR) is 77.8 cm³/mol. The predicted octanol–water partition coefficient (Wildman–Crippen LogP) is 4.37. The highest BCUT2D eigenvalue weighted by atomic mass is 19.1. The summed E-state index contributed by atoms with van der Waals surface area (Å²) in [5.41, 5.74) is -0.110. The van der Waals surface area contributed by atoms with E-state index in [1.165, 1.54) is 19.3 Å². The maximum absolute atomic E-state index is 13.9. The van der Waals surface area contributed by atoms with Crippen molar-refractivity contribution in [2.75, 3.05) is 6.61 Å². The lowest BCUT2D eigenvalue weighted by molar-refractivity contribution is -0.0750. The molecule has 0 N–H and O–H groups in total. The van der Waals surface area contributed by atoms with E-state index in [9.17, 15) is 13.6 Å². The summed E-state index contributed by atoms with van der Waals surface area (Å²) in [4.78, 5) is 10.6. The van der Waals surface area contributed by atoms with E-state index in [1.54, 1.807) is 0 Å². The third-order valence-electron chi connectivity index (χ3n) is 5.88. The highest BCUT2D eigenvalue weighted by Gasteiger charge is 2.51. The van der Waals surface area contributed by atoms with Crippen LogP contribution in [0.2, 0.25) is 0 Å². The van der Waals surface area contributed by atoms with Crippen molar-refractivity contribution in [3.63, 3.8) is 0 Å². The molecule has 0 aliphatic heterocycles. The van der Waals surface area contributed by atoms with Crippen molar-refractivity contribution in [2.24, 2.45) is 23.2 Å². The standard InChI is InChI=1S/C18H20F2O2/c19-15-5-17(16(20)4-14(15)9-21)22-10-18-6-11-1-12(7-18)3-13(2-11)8-18/h4-5,9,11-13H,1-3,6-8,10H2. The van der Waals surface area contributed by atoms with Gasteiger partial charge in [0, 0.05) is 11.5 Å². The summed E-state index contributed by atoms with van der Waals surface area (Å²) in [5.74, 6) is 0.945. The first-order valence-corrected chi connectivity index (χ1v) is 8.14. The average Bonchev–Trinajstić information content (AvgIpc) is 2.46. The van der Waals surface area contributed by atoms with Gasteiger partial charge < -0.3 is 4.74 Å². The lowest BCUT2D eigenvalue weighted by Gasteiger charge is -2.56. The molecule has 4 aliphatic rings. The van der Waals surface area contributed by atoms with Gasteiger partial charge >= 0.3 is 0 Å². The Labute approximate surface area is 128 Å². The van der Waals surface area contributed by atoms with Gasteiger partial charge in [-0.15, -0.1) is 0 Å². The molecule has 4 bridgehead atoms. The van der Waals surface area contributed by atoms with Crippen LogP contribution in [-0.2, 0) is 0 Å². The molecule has 0 spiro atoms. The van der Waals surface area contributed by atoms with Crippen LogP contribution >= 0.6 is 0 Å². The van der Waals surface area contributed by atoms with Gasteiger partial charge in [-0.1, -0.05) is 0 Å². The number of benzene rings is 1. The summed E-state index contributed by atoms with van der Waals surface area (Å²) >= 11 is 0. The average molecular weight is 306 g/mol. The Bertz CT molecular complexity index is 576. The molecule has 0 heterocycles. The molecule has 5 rings (SSSR count). The number of ether oxygens (including phenoxy) is 1. The fourth-order valence-electron chi connectivity index (χ4n) is 5.44. The van der Waals surface area contributed by atoms with Crippen molar-refractivity contribution >= 4 is 6.29 Å². The number of hydrogen-bond donors (Lipinski definition) is 0. The van der Waals surface area contributed by atoms with Gasteiger partial charge in [0.25, 0.3) is 0 Å². The first-order chi connectivity index (χ1) is 10.6. The number of carbonyl (C=O) groups is 1. The SMILES string of the molecule is O=Cc1cc(F)c(OCC23CC4CC(CC(C4)C2)C3)cc1F. The van der Waals surface area contributed by atoms with Gasteiger partial charge in [0.05, 0.1) is 12.2 Å². The van der Waals surface area contributed by atoms with Crippen LogP contribution < -0.4 is 4.74 Å². The second-order valence-electron chi connectivity index (χ2n) is 7.63. The molecule has 0 radical (unpaired) electrons. The molecule has 1 aromatic carbocycles. The fourth-order valence-corrected chi connectivity index (χ4v) is 5.44. The monoisotopic (exact) mass is 306 g/mol. The van der Waals surface area contributed by atoms with Gasteiger partial charge in [0.15, 0.2) is 17.9 Å². The molecule has 0 amide bonds. The summed E-state index contributed by atoms with van der Waals surface area (Å²) in [6, 6.07) is 1.91. The molecular weight excluding hydrogens is 286 g/mol. The van der Waals surface area contributed by atoms with Crippen LogP contribution in [0.25, 0.3) is 0 Å². The molecule has 4 heteroatoms. The first-order valence-electron chi connectivity index (χ1n) is 8.14. The van der Waals surface area contributed by atoms with Crippen molar-refractivity contribution in [3.8, 4) is 5.75 Å². The van der Waals surface area contributed by atoms with Crippen molar-refractivity contribution in [3.05, 3.63) is 29.3 Å². The highest BCUT2D eigenvalue weighted by Crippen LogP contribution is 2.60. The molecule has 1 aromatic rings. The van der Waals surface area contributed by atoms with Crippen molar-refractivity contribution in [1.29, 1.82) is 0 Å². The van der Waals surface area contributed by atoms with Gasteiger partial charge in [-0.25, -0.2) is 8.78 Å². The van der Waals surface area contributed by atoms with E-state index in [0.29, 0.717) is 12.9 Å². The lowest BCUT2D eigenvalue weighted by Crippen LogP contribution is -2.48. The number of hydrogen-bond acceptors (Lipinski definition) is 2. The normalized spacial score (nSPS) is 35.6. The molecule has 4 aliphatic carbocycles. The van der Waals surface area contributed by atoms with Crippen LogP contribution in [0, 0.1) is 34.8 Å². The van der Waals surface area contributed by atoms with Crippen LogP contribution in [0.3, 0.4) is 0 Å². The minimum atomic E-state index is -0.725. The summed E-state index contributed by atoms with van der Waals surface area (Å²) < 4.78 is 33.2. The minimum absolute atomic E-state index is 0.0705. The second-order valence-corrected chi connectivity index (χ2v) is 7.63. The summed E-state index contributed by atoms with van der Waals surface area (Å²) in [7, 11) is 0. The van der Waals surface area contributed by atoms with Crippen LogP contribution in [-0.4, -0.2) is 12.9 Å². The molecule has 0 atom stereocenters. The highest BCUT2D eigenvalue weighted by molar-refractivity contribution is 5.75. The van der Waals surface area contributed by atoms with Crippen LogP contribution in [0.4, 0.5) is 8.78 Å². The maximum atomic E-state index is 13.9. The van der Waals surface area contributed by atoms with Crippen LogP contribution in [0.5, 0.6) is 5.75 Å². The summed E-state index contributed by atoms with van der Waals surface area (Å²) in [5, 5.41) is 0. The number of halogens is 2. The minimum Gasteiger partial charge on any atom is -0.490 e. The molecule has 0 aromatic heterocycles. The number of rotatable bonds is 4. The van der Waals surface area contributed by atoms with Crippen LogP contribution in [0.1, 0.15) is 48.9 Å². The Morgan fingerprint density at radius 2 is 1.64 bits per heavy atom. The summed E-state index contributed by atoms with van der Waals surface area (Å²) in [6.07, 6.45) is 7.84. The topological polar surface area (TPSA) is 26.3 Å². The molecular formula is C18H20F2O2. The quantitative estimate of drug-likeness (QED) is 0.772. The summed E-state index contributed by atoms with van der Waals surface area (Å²) in [6.45, 7) is 0.466. The molecule has 4 saturated carbocycles. The van der Waals surface area contributed by atoms with E-state index in [2.05, 4.69) is 0 Å². The van der Waals surface area contributed by atoms with Gasteiger partial charge in [0.2, 0.25) is 0 Å². The molecule has 118 valence electrons. The largest absolute Gasteiger partial charge is 0.490 e. The Kier molecular flexibility index (Phi) is 3.24. The fraction of sp³-hybridized carbons (Fsp3) is 0.611. The van der Waals surface area contributed by atoms with E-state index >= 15 is 0 Å². The zero-order valence-electron chi connectivity index (χ0n) is 12.5. The molecule has 0 saturated heterocycles. The molecule has 2 nitrogen and oxygen atoms in total. The van der Waals surface area contributed by atoms with E-state index in [1.807, 2.05) is 0 Å². The Balaban J connectivity index is 1.51. The second kappa shape index (κ2) is 5.04. The smallest absolute Gasteiger partial charge is 0.165 e. The van der Waals surface area contributed by atoms with Gasteiger partial charge in [-0.3, -0.25) is 4.79 Å². The third-order valence-corrected chi connectivity index (χ3v) is 5.88. The van der Waals surface area contributed by atoms with E-state index in [0.717, 1.165) is 49.1 Å². The van der Waals surface area contributed by atoms with Gasteiger partial charge in [-0.2, -0.15) is 0 Å². The van der Waals surface area contributed by atoms with Crippen molar-refractivity contribution < 1.29 is 18.3 Å². The zero-order chi connectivity index (χ0) is 15.3. The Hall–Kier alpha value is -1.45. The molecule has 0 unspecified atom stereocenters. The molecule has 4 fully saturated rings. The maximum Gasteiger partial charge on any atom is 0.165 e. The lowest BCUT2D eigenvalue weighted by atomic mass is 9.50. The van der Waals surface area contributed by atoms with E-state index < -0.39 is 11.6 Å². The number of aldehydes is 1.